The van der Waals surface area contributed by atoms with E-state index in [0.29, 0.717) is 11.9 Å². The van der Waals surface area contributed by atoms with Gasteiger partial charge in [-0.1, -0.05) is 13.3 Å². The Balaban J connectivity index is 2.80. The quantitative estimate of drug-likeness (QED) is 0.684. The Labute approximate surface area is 72.7 Å². The van der Waals surface area contributed by atoms with E-state index in [1.807, 2.05) is 10.8 Å². The molecule has 0 aliphatic heterocycles. The molecule has 0 saturated heterocycles. The zero-order chi connectivity index (χ0) is 8.97. The van der Waals surface area contributed by atoms with Crippen molar-refractivity contribution in [1.82, 2.24) is 9.55 Å². The highest BCUT2D eigenvalue weighted by Gasteiger charge is 2.07. The summed E-state index contributed by atoms with van der Waals surface area (Å²) in [6, 6.07) is 2.45. The van der Waals surface area contributed by atoms with Crippen LogP contribution in [-0.4, -0.2) is 9.55 Å². The maximum absolute atomic E-state index is 8.69. The fraction of sp³-hybridized carbons (Fsp3) is 0.556. The van der Waals surface area contributed by atoms with Gasteiger partial charge < -0.3 is 4.57 Å². The standard InChI is InChI=1S/C9H13N3/c1-3-4-8(2)12-6-5-11-9(12)7-10/h5-6,8H,3-4H2,1-2H3. The molecule has 3 nitrogen and oxygen atoms in total. The van der Waals surface area contributed by atoms with Gasteiger partial charge in [0.25, 0.3) is 0 Å². The summed E-state index contributed by atoms with van der Waals surface area (Å²) in [5, 5.41) is 8.69. The minimum absolute atomic E-state index is 0.382. The van der Waals surface area contributed by atoms with Crippen molar-refractivity contribution in [2.24, 2.45) is 0 Å². The van der Waals surface area contributed by atoms with Gasteiger partial charge in [0.1, 0.15) is 6.07 Å². The minimum Gasteiger partial charge on any atom is -0.320 e. The molecule has 0 saturated carbocycles. The van der Waals surface area contributed by atoms with Crippen molar-refractivity contribution < 1.29 is 0 Å². The van der Waals surface area contributed by atoms with Gasteiger partial charge in [0.05, 0.1) is 0 Å². The molecule has 1 aromatic heterocycles. The molecule has 1 aromatic rings. The number of rotatable bonds is 3. The highest BCUT2D eigenvalue weighted by molar-refractivity contribution is 5.12. The number of nitrogens with zero attached hydrogens (tertiary/aromatic N) is 3. The van der Waals surface area contributed by atoms with Gasteiger partial charge >= 0.3 is 0 Å². The zero-order valence-electron chi connectivity index (χ0n) is 7.49. The summed E-state index contributed by atoms with van der Waals surface area (Å²) in [7, 11) is 0. The average molecular weight is 163 g/mol. The van der Waals surface area contributed by atoms with E-state index in [2.05, 4.69) is 24.9 Å². The van der Waals surface area contributed by atoms with Crippen molar-refractivity contribution in [2.45, 2.75) is 32.7 Å². The first-order valence-electron chi connectivity index (χ1n) is 4.22. The zero-order valence-corrected chi connectivity index (χ0v) is 7.49. The molecule has 0 fully saturated rings. The van der Waals surface area contributed by atoms with Gasteiger partial charge in [-0.3, -0.25) is 0 Å². The summed E-state index contributed by atoms with van der Waals surface area (Å²) in [5.41, 5.74) is 0. The number of aromatic nitrogens is 2. The number of hydrogen-bond donors (Lipinski definition) is 0. The first-order chi connectivity index (χ1) is 5.79. The van der Waals surface area contributed by atoms with Gasteiger partial charge in [0.2, 0.25) is 5.82 Å². The molecular formula is C9H13N3. The van der Waals surface area contributed by atoms with Crippen molar-refractivity contribution in [3.8, 4) is 6.07 Å². The molecule has 3 heteroatoms. The van der Waals surface area contributed by atoms with Crippen molar-refractivity contribution in [3.05, 3.63) is 18.2 Å². The Hall–Kier alpha value is -1.30. The van der Waals surface area contributed by atoms with Crippen LogP contribution < -0.4 is 0 Å². The average Bonchev–Trinajstić information content (AvgIpc) is 2.51. The number of imidazole rings is 1. The number of hydrogen-bond acceptors (Lipinski definition) is 2. The van der Waals surface area contributed by atoms with Crippen molar-refractivity contribution >= 4 is 0 Å². The lowest BCUT2D eigenvalue weighted by Gasteiger charge is -2.11. The van der Waals surface area contributed by atoms with Gasteiger partial charge in [-0.05, 0) is 13.3 Å². The molecule has 64 valence electrons. The normalized spacial score (nSPS) is 12.4. The molecule has 0 radical (unpaired) electrons. The molecule has 12 heavy (non-hydrogen) atoms. The SMILES string of the molecule is CCCC(C)n1ccnc1C#N. The lowest BCUT2D eigenvalue weighted by Crippen LogP contribution is -2.05. The molecule has 0 bridgehead atoms. The van der Waals surface area contributed by atoms with Crippen LogP contribution in [0.2, 0.25) is 0 Å². The van der Waals surface area contributed by atoms with Crippen LogP contribution in [0.3, 0.4) is 0 Å². The van der Waals surface area contributed by atoms with Gasteiger partial charge in [-0.2, -0.15) is 5.26 Å². The molecule has 0 aliphatic carbocycles. The van der Waals surface area contributed by atoms with E-state index >= 15 is 0 Å². The van der Waals surface area contributed by atoms with Crippen LogP contribution in [-0.2, 0) is 0 Å². The van der Waals surface area contributed by atoms with Crippen LogP contribution >= 0.6 is 0 Å². The maximum atomic E-state index is 8.69. The Morgan fingerprint density at radius 1 is 1.75 bits per heavy atom. The fourth-order valence-electron chi connectivity index (χ4n) is 1.31. The number of nitriles is 1. The predicted octanol–water partition coefficient (Wildman–Crippen LogP) is 2.12. The lowest BCUT2D eigenvalue weighted by atomic mass is 10.2. The Bertz CT molecular complexity index is 282. The lowest BCUT2D eigenvalue weighted by molar-refractivity contribution is 0.496. The van der Waals surface area contributed by atoms with E-state index in [9.17, 15) is 0 Å². The fourth-order valence-corrected chi connectivity index (χ4v) is 1.31. The van der Waals surface area contributed by atoms with Crippen LogP contribution in [0, 0.1) is 11.3 Å². The molecule has 0 N–H and O–H groups in total. The second-order valence-corrected chi connectivity index (χ2v) is 2.91. The monoisotopic (exact) mass is 163 g/mol. The van der Waals surface area contributed by atoms with Crippen LogP contribution in [0.15, 0.2) is 12.4 Å². The minimum atomic E-state index is 0.382. The van der Waals surface area contributed by atoms with Crippen LogP contribution in [0.25, 0.3) is 0 Å². The summed E-state index contributed by atoms with van der Waals surface area (Å²) < 4.78 is 1.92. The molecule has 1 rings (SSSR count). The van der Waals surface area contributed by atoms with Gasteiger partial charge in [-0.15, -0.1) is 0 Å². The Kier molecular flexibility index (Phi) is 2.87. The highest BCUT2D eigenvalue weighted by atomic mass is 15.1. The summed E-state index contributed by atoms with van der Waals surface area (Å²) in [4.78, 5) is 3.94. The summed E-state index contributed by atoms with van der Waals surface area (Å²) in [6.07, 6.45) is 5.75. The van der Waals surface area contributed by atoms with E-state index in [1.165, 1.54) is 0 Å². The molecule has 1 heterocycles. The van der Waals surface area contributed by atoms with Crippen LogP contribution in [0.4, 0.5) is 0 Å². The molecule has 0 aliphatic rings. The van der Waals surface area contributed by atoms with E-state index in [1.54, 1.807) is 6.20 Å². The van der Waals surface area contributed by atoms with Gasteiger partial charge in [-0.25, -0.2) is 4.98 Å². The van der Waals surface area contributed by atoms with E-state index in [4.69, 9.17) is 5.26 Å². The van der Waals surface area contributed by atoms with Crippen LogP contribution in [0.1, 0.15) is 38.6 Å². The van der Waals surface area contributed by atoms with Gasteiger partial charge in [0.15, 0.2) is 0 Å². The third-order valence-electron chi connectivity index (χ3n) is 1.95. The molecule has 1 atom stereocenters. The third kappa shape index (κ3) is 1.65. The third-order valence-corrected chi connectivity index (χ3v) is 1.95. The van der Waals surface area contributed by atoms with Crippen molar-refractivity contribution in [3.63, 3.8) is 0 Å². The first kappa shape index (κ1) is 8.79. The molecular weight excluding hydrogens is 150 g/mol. The van der Waals surface area contributed by atoms with Crippen LogP contribution in [0.5, 0.6) is 0 Å². The van der Waals surface area contributed by atoms with E-state index < -0.39 is 0 Å². The summed E-state index contributed by atoms with van der Waals surface area (Å²) >= 11 is 0. The molecule has 0 aromatic carbocycles. The first-order valence-corrected chi connectivity index (χ1v) is 4.22. The Morgan fingerprint density at radius 3 is 3.08 bits per heavy atom. The molecule has 1 unspecified atom stereocenters. The smallest absolute Gasteiger partial charge is 0.212 e. The van der Waals surface area contributed by atoms with E-state index in [-0.39, 0.29) is 0 Å². The Morgan fingerprint density at radius 2 is 2.50 bits per heavy atom. The topological polar surface area (TPSA) is 41.6 Å². The second-order valence-electron chi connectivity index (χ2n) is 2.91. The van der Waals surface area contributed by atoms with Crippen molar-refractivity contribution in [1.29, 1.82) is 5.26 Å². The molecule has 0 amide bonds. The molecule has 0 spiro atoms. The maximum Gasteiger partial charge on any atom is 0.212 e. The summed E-state index contributed by atoms with van der Waals surface area (Å²) in [6.45, 7) is 4.24. The van der Waals surface area contributed by atoms with E-state index in [0.717, 1.165) is 12.8 Å². The summed E-state index contributed by atoms with van der Waals surface area (Å²) in [5.74, 6) is 0.510. The second kappa shape index (κ2) is 3.91. The highest BCUT2D eigenvalue weighted by Crippen LogP contribution is 2.13. The predicted molar refractivity (Wildman–Crippen MR) is 46.6 cm³/mol. The van der Waals surface area contributed by atoms with Crippen molar-refractivity contribution in [2.75, 3.05) is 0 Å². The van der Waals surface area contributed by atoms with Gasteiger partial charge in [0, 0.05) is 18.4 Å². The largest absolute Gasteiger partial charge is 0.320 e.